The molecule has 0 saturated heterocycles. The van der Waals surface area contributed by atoms with Crippen molar-refractivity contribution in [2.24, 2.45) is 0 Å². The summed E-state index contributed by atoms with van der Waals surface area (Å²) in [6.07, 6.45) is 78.7. The maximum Gasteiger partial charge on any atom is 0.306 e. The molecule has 0 N–H and O–H groups in total. The number of esters is 3. The second kappa shape index (κ2) is 62.9. The number of unbranched alkanes of at least 4 members (excludes halogenated alkanes) is 41. The lowest BCUT2D eigenvalue weighted by molar-refractivity contribution is -0.167. The molecular formula is C68H124O6. The quantitative estimate of drug-likeness (QED) is 0.0261. The molecule has 0 aliphatic carbocycles. The lowest BCUT2D eigenvalue weighted by Gasteiger charge is -2.18. The van der Waals surface area contributed by atoms with Crippen molar-refractivity contribution >= 4 is 17.9 Å². The zero-order valence-corrected chi connectivity index (χ0v) is 49.6. The predicted octanol–water partition coefficient (Wildman–Crippen LogP) is 22.2. The van der Waals surface area contributed by atoms with Gasteiger partial charge in [0.15, 0.2) is 6.10 Å². The van der Waals surface area contributed by atoms with Crippen LogP contribution in [0.25, 0.3) is 0 Å². The van der Waals surface area contributed by atoms with Crippen molar-refractivity contribution in [1.82, 2.24) is 0 Å². The molecule has 1 unspecified atom stereocenters. The summed E-state index contributed by atoms with van der Waals surface area (Å²) in [5.74, 6) is -0.907. The van der Waals surface area contributed by atoms with Crippen molar-refractivity contribution in [2.75, 3.05) is 13.2 Å². The summed E-state index contributed by atoms with van der Waals surface area (Å²) in [6.45, 7) is 6.52. The van der Waals surface area contributed by atoms with E-state index in [9.17, 15) is 14.4 Å². The summed E-state index contributed by atoms with van der Waals surface area (Å²) in [4.78, 5) is 38.2. The minimum atomic E-state index is -0.790. The minimum Gasteiger partial charge on any atom is -0.462 e. The Morgan fingerprint density at radius 2 is 0.527 bits per heavy atom. The van der Waals surface area contributed by atoms with E-state index in [0.717, 1.165) is 89.9 Å². The Balaban J connectivity index is 4.11. The van der Waals surface area contributed by atoms with Gasteiger partial charge in [-0.25, -0.2) is 0 Å². The first kappa shape index (κ1) is 71.4. The highest BCUT2D eigenvalue weighted by molar-refractivity contribution is 5.71. The van der Waals surface area contributed by atoms with Crippen LogP contribution in [-0.2, 0) is 28.6 Å². The van der Waals surface area contributed by atoms with Gasteiger partial charge in [0.1, 0.15) is 13.2 Å². The summed E-state index contributed by atoms with van der Waals surface area (Å²) < 4.78 is 16.9. The number of allylic oxidation sites excluding steroid dienone is 8. The van der Waals surface area contributed by atoms with Gasteiger partial charge in [0, 0.05) is 19.3 Å². The van der Waals surface area contributed by atoms with Crippen LogP contribution in [0.1, 0.15) is 348 Å². The normalized spacial score (nSPS) is 12.3. The highest BCUT2D eigenvalue weighted by Crippen LogP contribution is 2.18. The molecule has 0 heterocycles. The van der Waals surface area contributed by atoms with Gasteiger partial charge in [-0.3, -0.25) is 14.4 Å². The molecule has 74 heavy (non-hydrogen) atoms. The van der Waals surface area contributed by atoms with Crippen molar-refractivity contribution in [3.05, 3.63) is 48.6 Å². The highest BCUT2D eigenvalue weighted by Gasteiger charge is 2.19. The molecule has 0 aromatic carbocycles. The Bertz CT molecular complexity index is 1280. The molecule has 6 heteroatoms. The topological polar surface area (TPSA) is 78.9 Å². The van der Waals surface area contributed by atoms with Gasteiger partial charge in [-0.05, 0) is 77.0 Å². The monoisotopic (exact) mass is 1040 g/mol. The van der Waals surface area contributed by atoms with E-state index in [-0.39, 0.29) is 31.1 Å². The summed E-state index contributed by atoms with van der Waals surface area (Å²) in [6, 6.07) is 0. The van der Waals surface area contributed by atoms with Crippen LogP contribution in [0.4, 0.5) is 0 Å². The fourth-order valence-electron chi connectivity index (χ4n) is 9.69. The smallest absolute Gasteiger partial charge is 0.306 e. The maximum absolute atomic E-state index is 12.8. The van der Waals surface area contributed by atoms with Gasteiger partial charge in [0.05, 0.1) is 0 Å². The maximum atomic E-state index is 12.8. The van der Waals surface area contributed by atoms with Crippen molar-refractivity contribution in [3.63, 3.8) is 0 Å². The highest BCUT2D eigenvalue weighted by atomic mass is 16.6. The minimum absolute atomic E-state index is 0.0846. The zero-order valence-electron chi connectivity index (χ0n) is 49.6. The largest absolute Gasteiger partial charge is 0.462 e. The summed E-state index contributed by atoms with van der Waals surface area (Å²) >= 11 is 0. The van der Waals surface area contributed by atoms with Gasteiger partial charge in [0.2, 0.25) is 0 Å². The third-order valence-electron chi connectivity index (χ3n) is 14.6. The number of ether oxygens (including phenoxy) is 3. The zero-order chi connectivity index (χ0) is 53.6. The molecule has 0 bridgehead atoms. The lowest BCUT2D eigenvalue weighted by Crippen LogP contribution is -2.30. The third kappa shape index (κ3) is 60.2. The number of hydrogen-bond acceptors (Lipinski definition) is 6. The number of carbonyl (C=O) groups excluding carboxylic acids is 3. The molecule has 0 saturated carbocycles. The Hall–Kier alpha value is -2.63. The van der Waals surface area contributed by atoms with Gasteiger partial charge < -0.3 is 14.2 Å². The number of rotatable bonds is 60. The fraction of sp³-hybridized carbons (Fsp3) is 0.838. The molecule has 0 spiro atoms. The van der Waals surface area contributed by atoms with Crippen LogP contribution in [0.2, 0.25) is 0 Å². The first-order chi connectivity index (χ1) is 36.5. The molecule has 6 nitrogen and oxygen atoms in total. The molecule has 0 radical (unpaired) electrons. The molecule has 0 aromatic heterocycles. The molecule has 432 valence electrons. The lowest BCUT2D eigenvalue weighted by atomic mass is 10.0. The Kier molecular flexibility index (Phi) is 60.7. The Labute approximate surface area is 460 Å². The van der Waals surface area contributed by atoms with E-state index in [1.165, 1.54) is 218 Å². The fourth-order valence-corrected chi connectivity index (χ4v) is 9.69. The van der Waals surface area contributed by atoms with Gasteiger partial charge in [0.25, 0.3) is 0 Å². The van der Waals surface area contributed by atoms with Gasteiger partial charge >= 0.3 is 17.9 Å². The molecular weight excluding hydrogens is 913 g/mol. The van der Waals surface area contributed by atoms with Gasteiger partial charge in [-0.2, -0.15) is 0 Å². The van der Waals surface area contributed by atoms with Crippen LogP contribution < -0.4 is 0 Å². The van der Waals surface area contributed by atoms with Crippen molar-refractivity contribution in [1.29, 1.82) is 0 Å². The predicted molar refractivity (Wildman–Crippen MR) is 321 cm³/mol. The average Bonchev–Trinajstić information content (AvgIpc) is 3.40. The van der Waals surface area contributed by atoms with Gasteiger partial charge in [-0.1, -0.05) is 301 Å². The second-order valence-electron chi connectivity index (χ2n) is 22.0. The van der Waals surface area contributed by atoms with Crippen LogP contribution >= 0.6 is 0 Å². The second-order valence-corrected chi connectivity index (χ2v) is 22.0. The van der Waals surface area contributed by atoms with E-state index in [1.807, 2.05) is 0 Å². The summed E-state index contributed by atoms with van der Waals surface area (Å²) in [5.41, 5.74) is 0. The van der Waals surface area contributed by atoms with Crippen LogP contribution in [0, 0.1) is 0 Å². The van der Waals surface area contributed by atoms with E-state index in [2.05, 4.69) is 69.4 Å². The molecule has 0 aliphatic rings. The SMILES string of the molecule is CC/C=C\C/C=C\C/C=C\CCCCCC(=O)OC(COC(=O)CCCCCCC/C=C\CCCCCC)COC(=O)CCCCCCCCCCCCCCCCCCCCCCCCCCCCCCCC. The van der Waals surface area contributed by atoms with Gasteiger partial charge in [-0.15, -0.1) is 0 Å². The van der Waals surface area contributed by atoms with E-state index in [1.54, 1.807) is 0 Å². The standard InChI is InChI=1S/C68H124O6/c1-4-7-10-13-16-19-22-25-26-27-28-29-30-31-32-33-34-35-36-37-38-39-40-41-44-46-49-52-55-58-61-67(70)73-64-65(74-68(71)62-59-56-53-50-47-43-24-21-18-15-12-9-6-3)63-72-66(69)60-57-54-51-48-45-42-23-20-17-14-11-8-5-2/h9,12,18,20-21,23,43,47,65H,4-8,10-11,13-17,19,22,24-42,44-46,48-64H2,1-3H3/b12-9-,21-18-,23-20-,47-43-. The van der Waals surface area contributed by atoms with E-state index >= 15 is 0 Å². The van der Waals surface area contributed by atoms with Crippen molar-refractivity contribution < 1.29 is 28.6 Å². The van der Waals surface area contributed by atoms with Crippen molar-refractivity contribution in [2.45, 2.75) is 354 Å². The molecule has 0 fully saturated rings. The Morgan fingerprint density at radius 3 is 0.865 bits per heavy atom. The first-order valence-corrected chi connectivity index (χ1v) is 32.6. The summed E-state index contributed by atoms with van der Waals surface area (Å²) in [5, 5.41) is 0. The van der Waals surface area contributed by atoms with E-state index in [0.29, 0.717) is 19.3 Å². The third-order valence-corrected chi connectivity index (χ3v) is 14.6. The summed E-state index contributed by atoms with van der Waals surface area (Å²) in [7, 11) is 0. The molecule has 0 rings (SSSR count). The van der Waals surface area contributed by atoms with Crippen LogP contribution in [0.5, 0.6) is 0 Å². The first-order valence-electron chi connectivity index (χ1n) is 32.6. The van der Waals surface area contributed by atoms with Crippen LogP contribution in [-0.4, -0.2) is 37.2 Å². The molecule has 0 amide bonds. The Morgan fingerprint density at radius 1 is 0.284 bits per heavy atom. The number of carbonyl (C=O) groups is 3. The molecule has 1 atom stereocenters. The molecule has 0 aromatic rings. The average molecular weight is 1040 g/mol. The van der Waals surface area contributed by atoms with Crippen LogP contribution in [0.3, 0.4) is 0 Å². The van der Waals surface area contributed by atoms with E-state index < -0.39 is 6.10 Å². The van der Waals surface area contributed by atoms with Crippen molar-refractivity contribution in [3.8, 4) is 0 Å². The van der Waals surface area contributed by atoms with Crippen LogP contribution in [0.15, 0.2) is 48.6 Å². The van der Waals surface area contributed by atoms with E-state index in [4.69, 9.17) is 14.2 Å². The molecule has 0 aliphatic heterocycles. The number of hydrogen-bond donors (Lipinski definition) is 0.